The zero-order chi connectivity index (χ0) is 19.8. The zero-order valence-electron chi connectivity index (χ0n) is 16.3. The number of nitrogens with one attached hydrogen (secondary N) is 1. The van der Waals surface area contributed by atoms with Crippen LogP contribution in [0.1, 0.15) is 23.7 Å². The van der Waals surface area contributed by atoms with E-state index in [2.05, 4.69) is 44.9 Å². The topological polar surface area (TPSA) is 66.8 Å². The van der Waals surface area contributed by atoms with Gasteiger partial charge >= 0.3 is 0 Å². The molecule has 2 unspecified atom stereocenters. The van der Waals surface area contributed by atoms with Crippen molar-refractivity contribution >= 4 is 16.9 Å². The van der Waals surface area contributed by atoms with Crippen LogP contribution in [0.3, 0.4) is 0 Å². The van der Waals surface area contributed by atoms with Crippen molar-refractivity contribution in [1.82, 2.24) is 24.6 Å². The van der Waals surface area contributed by atoms with Crippen molar-refractivity contribution in [3.05, 3.63) is 72.8 Å². The van der Waals surface area contributed by atoms with Gasteiger partial charge in [-0.25, -0.2) is 4.98 Å². The molecule has 0 bridgehead atoms. The van der Waals surface area contributed by atoms with Crippen molar-refractivity contribution in [1.29, 1.82) is 0 Å². The lowest BCUT2D eigenvalue weighted by Gasteiger charge is -2.21. The summed E-state index contributed by atoms with van der Waals surface area (Å²) in [6.07, 6.45) is 6.62. The fraction of sp³-hybridized carbons (Fsp3) is 0.261. The number of aromatic amines is 1. The fourth-order valence-electron chi connectivity index (χ4n) is 4.38. The molecule has 29 heavy (non-hydrogen) atoms. The number of hydrogen-bond donors (Lipinski definition) is 1. The monoisotopic (exact) mass is 385 g/mol. The Labute approximate surface area is 169 Å². The van der Waals surface area contributed by atoms with Gasteiger partial charge in [0, 0.05) is 36.5 Å². The largest absolute Gasteiger partial charge is 0.336 e. The predicted molar refractivity (Wildman–Crippen MR) is 112 cm³/mol. The number of carbonyl (C=O) groups excluding carboxylic acids is 1. The van der Waals surface area contributed by atoms with E-state index in [4.69, 9.17) is 0 Å². The Kier molecular flexibility index (Phi) is 4.39. The van der Waals surface area contributed by atoms with Crippen LogP contribution in [0.2, 0.25) is 0 Å². The molecule has 5 rings (SSSR count). The number of likely N-dealkylation sites (tertiary alicyclic amines) is 1. The smallest absolute Gasteiger partial charge is 0.254 e. The summed E-state index contributed by atoms with van der Waals surface area (Å²) >= 11 is 0. The van der Waals surface area contributed by atoms with Crippen LogP contribution in [0.4, 0.5) is 0 Å². The third-order valence-corrected chi connectivity index (χ3v) is 5.85. The highest BCUT2D eigenvalue weighted by Crippen LogP contribution is 2.28. The molecular weight excluding hydrogens is 362 g/mol. The molecule has 1 saturated heterocycles. The first kappa shape index (κ1) is 17.7. The van der Waals surface area contributed by atoms with E-state index in [1.54, 1.807) is 0 Å². The molecule has 0 radical (unpaired) electrons. The molecule has 2 aromatic heterocycles. The minimum atomic E-state index is 0.126. The number of H-pyrrole nitrogens is 1. The Hall–Kier alpha value is -3.41. The lowest BCUT2D eigenvalue weighted by Crippen LogP contribution is -2.34. The van der Waals surface area contributed by atoms with E-state index in [-0.39, 0.29) is 11.9 Å². The fourth-order valence-corrected chi connectivity index (χ4v) is 4.38. The first-order chi connectivity index (χ1) is 14.2. The molecule has 2 atom stereocenters. The van der Waals surface area contributed by atoms with Gasteiger partial charge in [-0.3, -0.25) is 9.89 Å². The van der Waals surface area contributed by atoms with Crippen LogP contribution in [-0.4, -0.2) is 43.1 Å². The molecule has 0 saturated carbocycles. The summed E-state index contributed by atoms with van der Waals surface area (Å²) in [7, 11) is 0. The number of nitrogens with zero attached hydrogens (tertiary/aromatic N) is 4. The molecule has 0 spiro atoms. The molecule has 1 aliphatic rings. The van der Waals surface area contributed by atoms with Crippen molar-refractivity contribution in [2.75, 3.05) is 6.54 Å². The average molecular weight is 385 g/mol. The van der Waals surface area contributed by atoms with Gasteiger partial charge in [-0.1, -0.05) is 24.3 Å². The van der Waals surface area contributed by atoms with Gasteiger partial charge in [0.2, 0.25) is 0 Å². The molecular formula is C23H23N5O. The number of amides is 1. The van der Waals surface area contributed by atoms with Crippen molar-refractivity contribution in [3.63, 3.8) is 0 Å². The van der Waals surface area contributed by atoms with Gasteiger partial charge in [0.1, 0.15) is 0 Å². The van der Waals surface area contributed by atoms with Crippen molar-refractivity contribution in [2.24, 2.45) is 5.92 Å². The Balaban J connectivity index is 1.33. The summed E-state index contributed by atoms with van der Waals surface area (Å²) < 4.78 is 2.21. The second-order valence-corrected chi connectivity index (χ2v) is 7.86. The maximum atomic E-state index is 12.9. The highest BCUT2D eigenvalue weighted by molar-refractivity contribution is 5.94. The van der Waals surface area contributed by atoms with E-state index in [0.29, 0.717) is 5.92 Å². The van der Waals surface area contributed by atoms with E-state index in [9.17, 15) is 4.79 Å². The normalized spacial score (nSPS) is 19.1. The van der Waals surface area contributed by atoms with Crippen LogP contribution < -0.4 is 0 Å². The molecule has 0 aliphatic carbocycles. The van der Waals surface area contributed by atoms with Crippen LogP contribution in [0, 0.1) is 5.92 Å². The van der Waals surface area contributed by atoms with Crippen molar-refractivity contribution in [3.8, 4) is 11.1 Å². The van der Waals surface area contributed by atoms with Crippen LogP contribution in [0.15, 0.2) is 67.3 Å². The summed E-state index contributed by atoms with van der Waals surface area (Å²) in [6.45, 7) is 3.79. The van der Waals surface area contributed by atoms with Gasteiger partial charge < -0.3 is 9.47 Å². The minimum absolute atomic E-state index is 0.126. The standard InChI is InChI=1S/C23H23N5O/c1-16-9-17(14-28(16)23(29)18-5-3-2-4-6-18)13-27-15-24-21-10-19(7-8-22(21)27)20-11-25-26-12-20/h2-8,10-12,15-17H,9,13-14H2,1H3,(H,25,26). The third-order valence-electron chi connectivity index (χ3n) is 5.85. The van der Waals surface area contributed by atoms with Crippen LogP contribution >= 0.6 is 0 Å². The molecule has 1 N–H and O–H groups in total. The van der Waals surface area contributed by atoms with Crippen LogP contribution in [0.25, 0.3) is 22.2 Å². The van der Waals surface area contributed by atoms with Crippen LogP contribution in [-0.2, 0) is 6.54 Å². The summed E-state index contributed by atoms with van der Waals surface area (Å²) in [5, 5.41) is 6.87. The molecule has 1 aliphatic heterocycles. The maximum absolute atomic E-state index is 12.9. The van der Waals surface area contributed by atoms with E-state index >= 15 is 0 Å². The number of fused-ring (bicyclic) bond motifs is 1. The van der Waals surface area contributed by atoms with Gasteiger partial charge in [0.25, 0.3) is 5.91 Å². The van der Waals surface area contributed by atoms with Gasteiger partial charge in [0.05, 0.1) is 23.6 Å². The first-order valence-corrected chi connectivity index (χ1v) is 9.99. The van der Waals surface area contributed by atoms with Crippen molar-refractivity contribution in [2.45, 2.75) is 25.9 Å². The third kappa shape index (κ3) is 3.31. The Morgan fingerprint density at radius 3 is 2.83 bits per heavy atom. The second-order valence-electron chi connectivity index (χ2n) is 7.86. The van der Waals surface area contributed by atoms with Gasteiger partial charge in [-0.2, -0.15) is 5.10 Å². The quantitative estimate of drug-likeness (QED) is 0.578. The summed E-state index contributed by atoms with van der Waals surface area (Å²) in [5.74, 6) is 0.546. The molecule has 3 heterocycles. The maximum Gasteiger partial charge on any atom is 0.254 e. The van der Waals surface area contributed by atoms with Gasteiger partial charge in [-0.15, -0.1) is 0 Å². The molecule has 6 nitrogen and oxygen atoms in total. The molecule has 146 valence electrons. The number of carbonyl (C=O) groups is 1. The Bertz CT molecular complexity index is 1130. The van der Waals surface area contributed by atoms with E-state index in [0.717, 1.165) is 47.2 Å². The molecule has 4 aromatic rings. The first-order valence-electron chi connectivity index (χ1n) is 9.99. The van der Waals surface area contributed by atoms with E-state index in [1.165, 1.54) is 0 Å². The predicted octanol–water partition coefficient (Wildman–Crippen LogP) is 3.98. The zero-order valence-corrected chi connectivity index (χ0v) is 16.3. The average Bonchev–Trinajstić information content (AvgIpc) is 3.49. The summed E-state index contributed by atoms with van der Waals surface area (Å²) in [4.78, 5) is 19.5. The lowest BCUT2D eigenvalue weighted by molar-refractivity contribution is 0.0742. The van der Waals surface area contributed by atoms with E-state index < -0.39 is 0 Å². The SMILES string of the molecule is CC1CC(Cn2cnc3cc(-c4cn[nH]c4)ccc32)CN1C(=O)c1ccccc1. The summed E-state index contributed by atoms with van der Waals surface area (Å²) in [5.41, 5.74) is 5.02. The number of imidazole rings is 1. The summed E-state index contributed by atoms with van der Waals surface area (Å²) in [6, 6.07) is 16.1. The number of aromatic nitrogens is 4. The Morgan fingerprint density at radius 1 is 1.17 bits per heavy atom. The van der Waals surface area contributed by atoms with Crippen molar-refractivity contribution < 1.29 is 4.79 Å². The number of hydrogen-bond acceptors (Lipinski definition) is 3. The molecule has 1 fully saturated rings. The highest BCUT2D eigenvalue weighted by atomic mass is 16.2. The second kappa shape index (κ2) is 7.20. The number of benzene rings is 2. The van der Waals surface area contributed by atoms with Gasteiger partial charge in [-0.05, 0) is 49.1 Å². The molecule has 1 amide bonds. The lowest BCUT2D eigenvalue weighted by atomic mass is 10.1. The van der Waals surface area contributed by atoms with E-state index in [1.807, 2.05) is 54.0 Å². The minimum Gasteiger partial charge on any atom is -0.336 e. The number of rotatable bonds is 4. The molecule has 6 heteroatoms. The van der Waals surface area contributed by atoms with Gasteiger partial charge in [0.15, 0.2) is 0 Å². The highest BCUT2D eigenvalue weighted by Gasteiger charge is 2.33. The molecule has 2 aromatic carbocycles. The Morgan fingerprint density at radius 2 is 2.03 bits per heavy atom. The van der Waals surface area contributed by atoms with Crippen LogP contribution in [0.5, 0.6) is 0 Å².